The molecule has 3 rings (SSSR count). The van der Waals surface area contributed by atoms with Gasteiger partial charge in [0, 0.05) is 17.7 Å². The molecule has 21 heavy (non-hydrogen) atoms. The van der Waals surface area contributed by atoms with Gasteiger partial charge in [0.15, 0.2) is 4.67 Å². The number of benzene rings is 1. The van der Waals surface area contributed by atoms with Crippen LogP contribution in [0.25, 0.3) is 0 Å². The Morgan fingerprint density at radius 1 is 1.33 bits per heavy atom. The topological polar surface area (TPSA) is 54.3 Å². The minimum Gasteiger partial charge on any atom is -0.457 e. The molecule has 2 aromatic rings. The lowest BCUT2D eigenvalue weighted by atomic mass is 9.97. The summed E-state index contributed by atoms with van der Waals surface area (Å²) in [5.41, 5.74) is 4.35. The van der Waals surface area contributed by atoms with Crippen molar-refractivity contribution in [2.45, 2.75) is 25.3 Å². The number of nitrogens with one attached hydrogen (secondary N) is 2. The van der Waals surface area contributed by atoms with Crippen LogP contribution in [0, 0.1) is 0 Å². The van der Waals surface area contributed by atoms with Crippen LogP contribution in [0.2, 0.25) is 0 Å². The van der Waals surface area contributed by atoms with Crippen molar-refractivity contribution in [2.75, 3.05) is 12.4 Å². The van der Waals surface area contributed by atoms with Crippen LogP contribution in [0.1, 0.15) is 35.6 Å². The van der Waals surface area contributed by atoms with E-state index in [-0.39, 0.29) is 11.9 Å². The Balaban J connectivity index is 1.97. The molecule has 1 unspecified atom stereocenters. The molecule has 0 fully saturated rings. The summed E-state index contributed by atoms with van der Waals surface area (Å²) < 4.78 is 6.08. The molecule has 110 valence electrons. The fourth-order valence-electron chi connectivity index (χ4n) is 2.79. The van der Waals surface area contributed by atoms with E-state index in [4.69, 9.17) is 4.42 Å². The van der Waals surface area contributed by atoms with Crippen molar-refractivity contribution in [2.24, 2.45) is 0 Å². The molecule has 0 aliphatic carbocycles. The van der Waals surface area contributed by atoms with E-state index in [2.05, 4.69) is 32.6 Å². The number of fused-ring (bicyclic) bond motifs is 1. The van der Waals surface area contributed by atoms with Crippen LogP contribution in [-0.2, 0) is 11.2 Å². The smallest absolute Gasteiger partial charge is 0.224 e. The Labute approximate surface area is 132 Å². The van der Waals surface area contributed by atoms with Gasteiger partial charge >= 0.3 is 0 Å². The number of aryl methyl sites for hydroxylation is 1. The number of halogens is 1. The molecule has 5 heteroatoms. The van der Waals surface area contributed by atoms with Gasteiger partial charge in [0.2, 0.25) is 5.91 Å². The van der Waals surface area contributed by atoms with E-state index >= 15 is 0 Å². The van der Waals surface area contributed by atoms with Crippen LogP contribution >= 0.6 is 15.9 Å². The fourth-order valence-corrected chi connectivity index (χ4v) is 3.26. The van der Waals surface area contributed by atoms with E-state index in [0.717, 1.165) is 34.3 Å². The number of carbonyl (C=O) groups is 1. The van der Waals surface area contributed by atoms with Gasteiger partial charge in [-0.3, -0.25) is 4.79 Å². The minimum absolute atomic E-state index is 0.0578. The van der Waals surface area contributed by atoms with E-state index in [1.54, 1.807) is 6.26 Å². The predicted octanol–water partition coefficient (Wildman–Crippen LogP) is 3.63. The van der Waals surface area contributed by atoms with Gasteiger partial charge in [0.1, 0.15) is 0 Å². The van der Waals surface area contributed by atoms with Gasteiger partial charge in [-0.1, -0.05) is 12.1 Å². The third-order valence-electron chi connectivity index (χ3n) is 3.83. The maximum Gasteiger partial charge on any atom is 0.224 e. The van der Waals surface area contributed by atoms with Crippen LogP contribution in [0.5, 0.6) is 0 Å². The molecule has 0 bridgehead atoms. The highest BCUT2D eigenvalue weighted by molar-refractivity contribution is 9.10. The van der Waals surface area contributed by atoms with Crippen LogP contribution in [-0.4, -0.2) is 13.0 Å². The molecule has 0 saturated carbocycles. The lowest BCUT2D eigenvalue weighted by Gasteiger charge is -2.18. The third kappa shape index (κ3) is 2.89. The molecule has 1 aliphatic rings. The average molecular weight is 349 g/mol. The van der Waals surface area contributed by atoms with Crippen LogP contribution in [0.3, 0.4) is 0 Å². The molecule has 2 N–H and O–H groups in total. The zero-order chi connectivity index (χ0) is 14.8. The Hall–Kier alpha value is -1.59. The van der Waals surface area contributed by atoms with Crippen molar-refractivity contribution < 1.29 is 9.21 Å². The largest absolute Gasteiger partial charge is 0.457 e. The second-order valence-corrected chi connectivity index (χ2v) is 5.91. The first-order valence-electron chi connectivity index (χ1n) is 7.02. The quantitative estimate of drug-likeness (QED) is 0.890. The number of amides is 1. The van der Waals surface area contributed by atoms with Crippen molar-refractivity contribution in [1.29, 1.82) is 0 Å². The fraction of sp³-hybridized carbons (Fsp3) is 0.312. The van der Waals surface area contributed by atoms with Gasteiger partial charge in [-0.05, 0) is 59.1 Å². The molecule has 1 aromatic heterocycles. The molecule has 0 saturated heterocycles. The third-order valence-corrected chi connectivity index (χ3v) is 4.48. The zero-order valence-corrected chi connectivity index (χ0v) is 13.4. The molecule has 1 aliphatic heterocycles. The highest BCUT2D eigenvalue weighted by Crippen LogP contribution is 2.32. The summed E-state index contributed by atoms with van der Waals surface area (Å²) >= 11 is 3.44. The van der Waals surface area contributed by atoms with E-state index < -0.39 is 0 Å². The molecule has 0 radical (unpaired) electrons. The number of hydrogen-bond acceptors (Lipinski definition) is 3. The molecule has 0 spiro atoms. The van der Waals surface area contributed by atoms with Crippen molar-refractivity contribution >= 4 is 27.5 Å². The van der Waals surface area contributed by atoms with E-state index in [0.29, 0.717) is 6.42 Å². The molecule has 4 nitrogen and oxygen atoms in total. The van der Waals surface area contributed by atoms with E-state index in [9.17, 15) is 4.79 Å². The van der Waals surface area contributed by atoms with Crippen LogP contribution < -0.4 is 10.6 Å². The molecule has 1 aromatic carbocycles. The first-order valence-corrected chi connectivity index (χ1v) is 7.81. The number of carbonyl (C=O) groups excluding carboxylic acids is 1. The average Bonchev–Trinajstić information content (AvgIpc) is 2.79. The van der Waals surface area contributed by atoms with Crippen LogP contribution in [0.15, 0.2) is 39.6 Å². The van der Waals surface area contributed by atoms with Crippen molar-refractivity contribution in [3.8, 4) is 0 Å². The Morgan fingerprint density at radius 2 is 2.19 bits per heavy atom. The SMILES string of the molecule is CNC(c1ccc2c(c1)CCCC(=O)N2)c1ccoc1Br. The maximum atomic E-state index is 11.6. The maximum absolute atomic E-state index is 11.6. The lowest BCUT2D eigenvalue weighted by Crippen LogP contribution is -2.18. The summed E-state index contributed by atoms with van der Waals surface area (Å²) in [6.45, 7) is 0. The number of hydrogen-bond donors (Lipinski definition) is 2. The molecular weight excluding hydrogens is 332 g/mol. The normalized spacial score (nSPS) is 16.0. The zero-order valence-electron chi connectivity index (χ0n) is 11.8. The second-order valence-electron chi connectivity index (χ2n) is 5.19. The first-order chi connectivity index (χ1) is 10.2. The summed E-state index contributed by atoms with van der Waals surface area (Å²) in [5.74, 6) is 0.101. The van der Waals surface area contributed by atoms with E-state index in [1.165, 1.54) is 5.56 Å². The Bertz CT molecular complexity index is 666. The van der Waals surface area contributed by atoms with Crippen molar-refractivity contribution in [3.05, 3.63) is 51.9 Å². The summed E-state index contributed by atoms with van der Waals surface area (Å²) in [6, 6.07) is 8.22. The number of furan rings is 1. The van der Waals surface area contributed by atoms with Gasteiger partial charge in [-0.2, -0.15) is 0 Å². The highest BCUT2D eigenvalue weighted by Gasteiger charge is 2.19. The summed E-state index contributed by atoms with van der Waals surface area (Å²) in [7, 11) is 1.93. The molecular formula is C16H17BrN2O2. The minimum atomic E-state index is 0.0578. The van der Waals surface area contributed by atoms with Gasteiger partial charge in [-0.15, -0.1) is 0 Å². The Morgan fingerprint density at radius 3 is 2.90 bits per heavy atom. The summed E-state index contributed by atoms with van der Waals surface area (Å²) in [5, 5.41) is 6.28. The van der Waals surface area contributed by atoms with Crippen LogP contribution in [0.4, 0.5) is 5.69 Å². The number of rotatable bonds is 3. The van der Waals surface area contributed by atoms with Gasteiger partial charge in [0.25, 0.3) is 0 Å². The van der Waals surface area contributed by atoms with E-state index in [1.807, 2.05) is 25.2 Å². The van der Waals surface area contributed by atoms with Gasteiger partial charge < -0.3 is 15.1 Å². The van der Waals surface area contributed by atoms with Crippen molar-refractivity contribution in [1.82, 2.24) is 5.32 Å². The molecule has 1 atom stereocenters. The highest BCUT2D eigenvalue weighted by atomic mass is 79.9. The van der Waals surface area contributed by atoms with Gasteiger partial charge in [0.05, 0.1) is 12.3 Å². The lowest BCUT2D eigenvalue weighted by molar-refractivity contribution is -0.116. The first kappa shape index (κ1) is 14.4. The summed E-state index contributed by atoms with van der Waals surface area (Å²) in [6.07, 6.45) is 4.08. The predicted molar refractivity (Wildman–Crippen MR) is 85.3 cm³/mol. The summed E-state index contributed by atoms with van der Waals surface area (Å²) in [4.78, 5) is 11.6. The second kappa shape index (κ2) is 6.03. The van der Waals surface area contributed by atoms with Gasteiger partial charge in [-0.25, -0.2) is 0 Å². The Kier molecular flexibility index (Phi) is 4.12. The standard InChI is InChI=1S/C16H17BrN2O2/c1-18-15(12-7-8-21-16(12)17)11-5-6-13-10(9-11)3-2-4-14(20)19-13/h5-9,15,18H,2-4H2,1H3,(H,19,20). The van der Waals surface area contributed by atoms with Crippen molar-refractivity contribution in [3.63, 3.8) is 0 Å². The monoisotopic (exact) mass is 348 g/mol. The molecule has 2 heterocycles. The number of anilines is 1. The molecule has 1 amide bonds.